The standard InChI is InChI=1S/C20H19FN4/c21-16-9-7-15(8-10-16)18-14-19(25-12-4-1-5-13-25)24-20(23-18)17-6-2-3-11-22-17/h2-3,6-11,14H,1,4-5,12-13H2. The van der Waals surface area contributed by atoms with Crippen LogP contribution in [0.2, 0.25) is 0 Å². The largest absolute Gasteiger partial charge is 0.356 e. The third-order valence-electron chi connectivity index (χ3n) is 4.43. The first-order chi connectivity index (χ1) is 12.3. The Balaban J connectivity index is 1.81. The third kappa shape index (κ3) is 3.50. The molecule has 0 N–H and O–H groups in total. The summed E-state index contributed by atoms with van der Waals surface area (Å²) in [5, 5.41) is 0. The van der Waals surface area contributed by atoms with Crippen LogP contribution in [0.25, 0.3) is 22.8 Å². The third-order valence-corrected chi connectivity index (χ3v) is 4.43. The molecule has 0 aliphatic carbocycles. The summed E-state index contributed by atoms with van der Waals surface area (Å²) in [7, 11) is 0. The minimum absolute atomic E-state index is 0.251. The molecule has 4 nitrogen and oxygen atoms in total. The second-order valence-corrected chi connectivity index (χ2v) is 6.20. The highest BCUT2D eigenvalue weighted by molar-refractivity contribution is 5.66. The minimum Gasteiger partial charge on any atom is -0.356 e. The maximum atomic E-state index is 13.3. The summed E-state index contributed by atoms with van der Waals surface area (Å²) < 4.78 is 13.3. The van der Waals surface area contributed by atoms with Crippen molar-refractivity contribution >= 4 is 5.82 Å². The lowest BCUT2D eigenvalue weighted by Crippen LogP contribution is -2.30. The number of hydrogen-bond acceptors (Lipinski definition) is 4. The van der Waals surface area contributed by atoms with Gasteiger partial charge < -0.3 is 4.90 Å². The molecule has 1 aliphatic rings. The van der Waals surface area contributed by atoms with Crippen LogP contribution in [0.5, 0.6) is 0 Å². The number of nitrogens with zero attached hydrogens (tertiary/aromatic N) is 4. The van der Waals surface area contributed by atoms with Gasteiger partial charge in [-0.05, 0) is 55.7 Å². The van der Waals surface area contributed by atoms with Crippen molar-refractivity contribution in [1.82, 2.24) is 15.0 Å². The molecule has 5 heteroatoms. The second-order valence-electron chi connectivity index (χ2n) is 6.20. The number of aromatic nitrogens is 3. The minimum atomic E-state index is -0.251. The Morgan fingerprint density at radius 1 is 0.840 bits per heavy atom. The van der Waals surface area contributed by atoms with Gasteiger partial charge in [-0.25, -0.2) is 14.4 Å². The van der Waals surface area contributed by atoms with Gasteiger partial charge in [0.15, 0.2) is 5.82 Å². The van der Waals surface area contributed by atoms with Gasteiger partial charge in [0.05, 0.1) is 5.69 Å². The van der Waals surface area contributed by atoms with Gasteiger partial charge in [-0.1, -0.05) is 6.07 Å². The van der Waals surface area contributed by atoms with Crippen LogP contribution in [-0.4, -0.2) is 28.0 Å². The van der Waals surface area contributed by atoms with Crippen molar-refractivity contribution in [1.29, 1.82) is 0 Å². The molecule has 1 aliphatic heterocycles. The van der Waals surface area contributed by atoms with E-state index >= 15 is 0 Å². The number of rotatable bonds is 3. The van der Waals surface area contributed by atoms with E-state index in [1.54, 1.807) is 18.3 Å². The molecule has 3 aromatic rings. The van der Waals surface area contributed by atoms with E-state index in [-0.39, 0.29) is 5.82 Å². The Morgan fingerprint density at radius 2 is 1.64 bits per heavy atom. The van der Waals surface area contributed by atoms with E-state index in [1.807, 2.05) is 24.3 Å². The highest BCUT2D eigenvalue weighted by Crippen LogP contribution is 2.27. The predicted molar refractivity (Wildman–Crippen MR) is 96.7 cm³/mol. The molecule has 2 aromatic heterocycles. The fourth-order valence-electron chi connectivity index (χ4n) is 3.10. The van der Waals surface area contributed by atoms with Crippen molar-refractivity contribution in [3.63, 3.8) is 0 Å². The normalized spacial score (nSPS) is 14.5. The molecule has 1 aromatic carbocycles. The second kappa shape index (κ2) is 6.97. The molecule has 0 unspecified atom stereocenters. The Hall–Kier alpha value is -2.82. The van der Waals surface area contributed by atoms with Gasteiger partial charge in [0.25, 0.3) is 0 Å². The van der Waals surface area contributed by atoms with Gasteiger partial charge in [0, 0.05) is 30.9 Å². The molecule has 1 saturated heterocycles. The van der Waals surface area contributed by atoms with Gasteiger partial charge in [0.1, 0.15) is 17.3 Å². The van der Waals surface area contributed by atoms with E-state index in [1.165, 1.54) is 31.4 Å². The predicted octanol–water partition coefficient (Wildman–Crippen LogP) is 4.34. The van der Waals surface area contributed by atoms with Gasteiger partial charge >= 0.3 is 0 Å². The molecule has 0 amide bonds. The Bertz CT molecular complexity index is 843. The van der Waals surface area contributed by atoms with E-state index < -0.39 is 0 Å². The van der Waals surface area contributed by atoms with E-state index in [0.29, 0.717) is 5.82 Å². The van der Waals surface area contributed by atoms with E-state index in [0.717, 1.165) is 35.9 Å². The smallest absolute Gasteiger partial charge is 0.180 e. The van der Waals surface area contributed by atoms with Crippen molar-refractivity contribution in [3.8, 4) is 22.8 Å². The lowest BCUT2D eigenvalue weighted by atomic mass is 10.1. The fourth-order valence-corrected chi connectivity index (χ4v) is 3.10. The summed E-state index contributed by atoms with van der Waals surface area (Å²) in [5.41, 5.74) is 2.40. The molecule has 0 atom stereocenters. The first kappa shape index (κ1) is 15.7. The van der Waals surface area contributed by atoms with Crippen molar-refractivity contribution in [2.45, 2.75) is 19.3 Å². The van der Waals surface area contributed by atoms with Crippen LogP contribution in [0, 0.1) is 5.82 Å². The zero-order valence-corrected chi connectivity index (χ0v) is 13.9. The van der Waals surface area contributed by atoms with E-state index in [2.05, 4.69) is 14.9 Å². The molecule has 126 valence electrons. The van der Waals surface area contributed by atoms with Crippen molar-refractivity contribution in [2.24, 2.45) is 0 Å². The van der Waals surface area contributed by atoms with Crippen LogP contribution in [-0.2, 0) is 0 Å². The molecule has 0 radical (unpaired) electrons. The Labute approximate surface area is 146 Å². The van der Waals surface area contributed by atoms with Crippen LogP contribution < -0.4 is 4.90 Å². The molecule has 1 fully saturated rings. The number of hydrogen-bond donors (Lipinski definition) is 0. The van der Waals surface area contributed by atoms with Crippen molar-refractivity contribution < 1.29 is 4.39 Å². The molecular formula is C20H19FN4. The van der Waals surface area contributed by atoms with Crippen LogP contribution in [0.3, 0.4) is 0 Å². The van der Waals surface area contributed by atoms with Crippen LogP contribution >= 0.6 is 0 Å². The van der Waals surface area contributed by atoms with E-state index in [9.17, 15) is 4.39 Å². The molecule has 3 heterocycles. The van der Waals surface area contributed by atoms with Crippen LogP contribution in [0.4, 0.5) is 10.2 Å². The molecule has 0 bridgehead atoms. The quantitative estimate of drug-likeness (QED) is 0.715. The average Bonchev–Trinajstić information content (AvgIpc) is 2.69. The maximum absolute atomic E-state index is 13.3. The summed E-state index contributed by atoms with van der Waals surface area (Å²) in [4.78, 5) is 16.1. The summed E-state index contributed by atoms with van der Waals surface area (Å²) >= 11 is 0. The van der Waals surface area contributed by atoms with Crippen molar-refractivity contribution in [2.75, 3.05) is 18.0 Å². The van der Waals surface area contributed by atoms with Gasteiger partial charge in [0.2, 0.25) is 0 Å². The number of halogens is 1. The van der Waals surface area contributed by atoms with Gasteiger partial charge in [-0.2, -0.15) is 0 Å². The van der Waals surface area contributed by atoms with E-state index in [4.69, 9.17) is 4.98 Å². The first-order valence-electron chi connectivity index (χ1n) is 8.61. The number of piperidine rings is 1. The average molecular weight is 334 g/mol. The summed E-state index contributed by atoms with van der Waals surface area (Å²) in [6.07, 6.45) is 5.35. The molecule has 0 spiro atoms. The number of benzene rings is 1. The van der Waals surface area contributed by atoms with Crippen LogP contribution in [0.15, 0.2) is 54.7 Å². The number of pyridine rings is 1. The monoisotopic (exact) mass is 334 g/mol. The lowest BCUT2D eigenvalue weighted by Gasteiger charge is -2.28. The highest BCUT2D eigenvalue weighted by Gasteiger charge is 2.16. The number of anilines is 1. The van der Waals surface area contributed by atoms with Crippen molar-refractivity contribution in [3.05, 3.63) is 60.5 Å². The summed E-state index contributed by atoms with van der Waals surface area (Å²) in [5.74, 6) is 1.26. The first-order valence-corrected chi connectivity index (χ1v) is 8.61. The topological polar surface area (TPSA) is 41.9 Å². The molecule has 4 rings (SSSR count). The van der Waals surface area contributed by atoms with Gasteiger partial charge in [-0.3, -0.25) is 4.98 Å². The zero-order valence-electron chi connectivity index (χ0n) is 13.9. The molecule has 0 saturated carbocycles. The maximum Gasteiger partial charge on any atom is 0.180 e. The Morgan fingerprint density at radius 3 is 2.36 bits per heavy atom. The highest BCUT2D eigenvalue weighted by atomic mass is 19.1. The Kier molecular flexibility index (Phi) is 4.37. The molecule has 25 heavy (non-hydrogen) atoms. The van der Waals surface area contributed by atoms with Gasteiger partial charge in [-0.15, -0.1) is 0 Å². The SMILES string of the molecule is Fc1ccc(-c2cc(N3CCCCC3)nc(-c3ccccn3)n2)cc1. The summed E-state index contributed by atoms with van der Waals surface area (Å²) in [6.45, 7) is 2.00. The van der Waals surface area contributed by atoms with Crippen LogP contribution in [0.1, 0.15) is 19.3 Å². The zero-order chi connectivity index (χ0) is 17.1. The fraction of sp³-hybridized carbons (Fsp3) is 0.250. The molecular weight excluding hydrogens is 315 g/mol. The lowest BCUT2D eigenvalue weighted by molar-refractivity contribution is 0.573. The summed E-state index contributed by atoms with van der Waals surface area (Å²) in [6, 6.07) is 14.1.